The van der Waals surface area contributed by atoms with Crippen molar-refractivity contribution in [1.82, 2.24) is 4.40 Å². The van der Waals surface area contributed by atoms with Gasteiger partial charge in [0.1, 0.15) is 11.2 Å². The molecule has 4 heteroatoms. The molecule has 8 aromatic rings. The number of benzene rings is 5. The smallest absolute Gasteiger partial charge is 0.162 e. The van der Waals surface area contributed by atoms with Crippen LogP contribution in [0, 0.1) is 0 Å². The molecule has 0 fully saturated rings. The highest BCUT2D eigenvalue weighted by Crippen LogP contribution is 2.52. The third-order valence-corrected chi connectivity index (χ3v) is 10.5. The van der Waals surface area contributed by atoms with Crippen LogP contribution in [0.2, 0.25) is 0 Å². The lowest BCUT2D eigenvalue weighted by Crippen LogP contribution is -2.29. The summed E-state index contributed by atoms with van der Waals surface area (Å²) in [7, 11) is 0. The summed E-state index contributed by atoms with van der Waals surface area (Å²) in [6, 6.07) is 33.6. The van der Waals surface area contributed by atoms with Crippen molar-refractivity contribution in [1.29, 1.82) is 0 Å². The molecule has 4 heterocycles. The second kappa shape index (κ2) is 7.91. The molecular weight excluding hydrogens is 550 g/mol. The normalized spacial score (nSPS) is 17.6. The van der Waals surface area contributed by atoms with Crippen LogP contribution in [0.5, 0.6) is 0 Å². The molecule has 45 heavy (non-hydrogen) atoms. The first-order chi connectivity index (χ1) is 22.0. The van der Waals surface area contributed by atoms with Gasteiger partial charge in [-0.15, -0.1) is 0 Å². The molecular formula is C41H27N3O. The fourth-order valence-corrected chi connectivity index (χ4v) is 8.36. The molecule has 0 saturated heterocycles. The molecule has 0 radical (unpaired) electrons. The first-order valence-corrected chi connectivity index (χ1v) is 15.7. The average Bonchev–Trinajstić information content (AvgIpc) is 3.76. The van der Waals surface area contributed by atoms with Gasteiger partial charge in [-0.05, 0) is 69.8 Å². The third-order valence-electron chi connectivity index (χ3n) is 10.5. The number of rotatable bonds is 1. The van der Waals surface area contributed by atoms with Crippen molar-refractivity contribution in [2.45, 2.75) is 25.3 Å². The number of hydrogen-bond donors (Lipinski definition) is 1. The zero-order valence-electron chi connectivity index (χ0n) is 24.8. The van der Waals surface area contributed by atoms with Crippen molar-refractivity contribution in [2.24, 2.45) is 4.99 Å². The Bertz CT molecular complexity index is 2710. The maximum atomic E-state index is 6.37. The van der Waals surface area contributed by atoms with Crippen molar-refractivity contribution < 1.29 is 4.42 Å². The van der Waals surface area contributed by atoms with Gasteiger partial charge in [0.25, 0.3) is 0 Å². The van der Waals surface area contributed by atoms with E-state index >= 15 is 0 Å². The Kier molecular flexibility index (Phi) is 4.18. The number of fused-ring (bicyclic) bond motifs is 13. The number of aromatic nitrogens is 1. The zero-order valence-corrected chi connectivity index (χ0v) is 24.8. The molecule has 1 unspecified atom stereocenters. The van der Waals surface area contributed by atoms with E-state index in [2.05, 4.69) is 133 Å². The SMILES string of the molecule is CC1(C)c2ccccc2-c2cc(-c3cc4c5c(n6c7cc8oc9ccccc9c8cc7c(c3)c46)N=C3C=CC=CC3N5)ccc21. The minimum Gasteiger partial charge on any atom is -0.456 e. The first kappa shape index (κ1) is 23.8. The Morgan fingerprint density at radius 1 is 0.711 bits per heavy atom. The van der Waals surface area contributed by atoms with Gasteiger partial charge < -0.3 is 9.73 Å². The zero-order chi connectivity index (χ0) is 29.6. The molecule has 4 nitrogen and oxygen atoms in total. The van der Waals surface area contributed by atoms with Crippen molar-refractivity contribution in [3.63, 3.8) is 0 Å². The molecule has 5 aromatic carbocycles. The second-order valence-corrected chi connectivity index (χ2v) is 13.3. The summed E-state index contributed by atoms with van der Waals surface area (Å²) in [5.41, 5.74) is 14.1. The lowest BCUT2D eigenvalue weighted by atomic mass is 9.82. The maximum absolute atomic E-state index is 6.37. The second-order valence-electron chi connectivity index (χ2n) is 13.3. The Morgan fingerprint density at radius 2 is 1.56 bits per heavy atom. The van der Waals surface area contributed by atoms with Crippen molar-refractivity contribution in [3.8, 4) is 22.3 Å². The molecule has 212 valence electrons. The van der Waals surface area contributed by atoms with Crippen LogP contribution in [-0.2, 0) is 5.41 Å². The summed E-state index contributed by atoms with van der Waals surface area (Å²) in [6.45, 7) is 4.68. The molecule has 11 rings (SSSR count). The lowest BCUT2D eigenvalue weighted by molar-refractivity contribution is 0.660. The number of furan rings is 1. The quantitative estimate of drug-likeness (QED) is 0.211. The topological polar surface area (TPSA) is 41.9 Å². The summed E-state index contributed by atoms with van der Waals surface area (Å²) in [6.07, 6.45) is 8.46. The minimum atomic E-state index is -0.0158. The van der Waals surface area contributed by atoms with E-state index in [1.165, 1.54) is 55.1 Å². The monoisotopic (exact) mass is 577 g/mol. The van der Waals surface area contributed by atoms with Crippen molar-refractivity contribution in [3.05, 3.63) is 126 Å². The van der Waals surface area contributed by atoms with Gasteiger partial charge in [0.05, 0.1) is 28.5 Å². The number of nitrogens with one attached hydrogen (secondary N) is 1. The number of hydrogen-bond acceptors (Lipinski definition) is 3. The first-order valence-electron chi connectivity index (χ1n) is 15.7. The van der Waals surface area contributed by atoms with Gasteiger partial charge in [-0.25, -0.2) is 4.99 Å². The van der Waals surface area contributed by atoms with E-state index in [-0.39, 0.29) is 11.5 Å². The number of nitrogens with zero attached hydrogens (tertiary/aromatic N) is 2. The van der Waals surface area contributed by atoms with E-state index < -0.39 is 0 Å². The minimum absolute atomic E-state index is 0.0158. The van der Waals surface area contributed by atoms with Crippen LogP contribution in [0.1, 0.15) is 25.0 Å². The summed E-state index contributed by atoms with van der Waals surface area (Å²) < 4.78 is 8.72. The molecule has 0 amide bonds. The molecule has 3 aromatic heterocycles. The van der Waals surface area contributed by atoms with Gasteiger partial charge in [-0.1, -0.05) is 86.7 Å². The van der Waals surface area contributed by atoms with Crippen molar-refractivity contribution in [2.75, 3.05) is 5.32 Å². The maximum Gasteiger partial charge on any atom is 0.162 e. The molecule has 3 aliphatic rings. The molecule has 0 saturated carbocycles. The van der Waals surface area contributed by atoms with E-state index in [0.29, 0.717) is 0 Å². The van der Waals surface area contributed by atoms with E-state index in [4.69, 9.17) is 9.41 Å². The number of aliphatic imine (C=N–C) groups is 1. The highest BCUT2D eigenvalue weighted by Gasteiger charge is 2.35. The molecule has 1 N–H and O–H groups in total. The summed E-state index contributed by atoms with van der Waals surface area (Å²) in [5.74, 6) is 0.952. The van der Waals surface area contributed by atoms with Gasteiger partial charge >= 0.3 is 0 Å². The summed E-state index contributed by atoms with van der Waals surface area (Å²) >= 11 is 0. The van der Waals surface area contributed by atoms with Crippen molar-refractivity contribution >= 4 is 66.3 Å². The van der Waals surface area contributed by atoms with Crippen LogP contribution in [0.3, 0.4) is 0 Å². The van der Waals surface area contributed by atoms with Gasteiger partial charge in [0.2, 0.25) is 0 Å². The Balaban J connectivity index is 1.24. The molecule has 0 bridgehead atoms. The molecule has 1 atom stereocenters. The Hall–Kier alpha value is -5.61. The summed E-state index contributed by atoms with van der Waals surface area (Å²) in [5, 5.41) is 9.77. The average molecular weight is 578 g/mol. The van der Waals surface area contributed by atoms with Gasteiger partial charge in [-0.2, -0.15) is 0 Å². The van der Waals surface area contributed by atoms with E-state index in [0.717, 1.165) is 44.7 Å². The van der Waals surface area contributed by atoms with E-state index in [9.17, 15) is 0 Å². The van der Waals surface area contributed by atoms with Crippen LogP contribution in [0.15, 0.2) is 125 Å². The van der Waals surface area contributed by atoms with Crippen LogP contribution in [0.25, 0.3) is 71.4 Å². The standard InChI is InChI=1S/C41H27N3O/c1-41(2)31-11-5-3-9-24(31)26-17-22(15-16-32(26)41)23-18-29-27-20-28-25-10-4-8-14-36(25)45-37(28)21-35(27)44-39(29)30(19-23)38-40(44)43-34-13-7-6-12-33(34)42-38/h3-21,33,42H,1-2H3. The van der Waals surface area contributed by atoms with Gasteiger partial charge in [0, 0.05) is 38.4 Å². The van der Waals surface area contributed by atoms with Crippen LogP contribution >= 0.6 is 0 Å². The third kappa shape index (κ3) is 2.90. The number of para-hydroxylation sites is 1. The fraction of sp³-hybridized carbons (Fsp3) is 0.0976. The Labute approximate surface area is 258 Å². The Morgan fingerprint density at radius 3 is 2.51 bits per heavy atom. The van der Waals surface area contributed by atoms with Gasteiger partial charge in [-0.3, -0.25) is 4.40 Å². The molecule has 0 spiro atoms. The highest BCUT2D eigenvalue weighted by atomic mass is 16.3. The van der Waals surface area contributed by atoms with Gasteiger partial charge in [0.15, 0.2) is 5.82 Å². The summed E-state index contributed by atoms with van der Waals surface area (Å²) in [4.78, 5) is 5.27. The molecule has 1 aliphatic heterocycles. The predicted molar refractivity (Wildman–Crippen MR) is 187 cm³/mol. The predicted octanol–water partition coefficient (Wildman–Crippen LogP) is 10.5. The number of allylic oxidation sites excluding steroid dienone is 2. The highest BCUT2D eigenvalue weighted by molar-refractivity contribution is 6.25. The van der Waals surface area contributed by atoms with Crippen LogP contribution in [0.4, 0.5) is 11.5 Å². The lowest BCUT2D eigenvalue weighted by Gasteiger charge is -2.23. The largest absolute Gasteiger partial charge is 0.456 e. The van der Waals surface area contributed by atoms with Crippen LogP contribution in [-0.4, -0.2) is 16.2 Å². The number of anilines is 1. The van der Waals surface area contributed by atoms with Crippen LogP contribution < -0.4 is 5.32 Å². The van der Waals surface area contributed by atoms with E-state index in [1.54, 1.807) is 0 Å². The fourth-order valence-electron chi connectivity index (χ4n) is 8.36. The van der Waals surface area contributed by atoms with E-state index in [1.807, 2.05) is 6.07 Å². The molecule has 2 aliphatic carbocycles.